The first kappa shape index (κ1) is 19.3. The molecule has 1 N–H and O–H groups in total. The highest BCUT2D eigenvalue weighted by molar-refractivity contribution is 5.53. The number of methoxy groups -OCH3 is 1. The maximum absolute atomic E-state index is 14.2. The normalized spacial score (nSPS) is 17.2. The van der Waals surface area contributed by atoms with Crippen LogP contribution in [0.3, 0.4) is 0 Å². The van der Waals surface area contributed by atoms with Crippen molar-refractivity contribution in [3.05, 3.63) is 76.2 Å². The summed E-state index contributed by atoms with van der Waals surface area (Å²) >= 11 is 0. The molecule has 0 amide bonds. The molecule has 1 atom stereocenters. The van der Waals surface area contributed by atoms with E-state index in [1.54, 1.807) is 37.7 Å². The second-order valence-corrected chi connectivity index (χ2v) is 7.29. The molecule has 1 aliphatic rings. The van der Waals surface area contributed by atoms with Gasteiger partial charge in [0.15, 0.2) is 0 Å². The summed E-state index contributed by atoms with van der Waals surface area (Å²) < 4.78 is 19.4. The Balaban J connectivity index is 1.55. The van der Waals surface area contributed by atoms with Crippen LogP contribution >= 0.6 is 0 Å². The molecular weight excluding hydrogens is 371 g/mol. The van der Waals surface area contributed by atoms with Crippen molar-refractivity contribution in [1.82, 2.24) is 19.9 Å². The average molecular weight is 394 g/mol. The van der Waals surface area contributed by atoms with Crippen LogP contribution in [0.5, 0.6) is 5.75 Å². The highest BCUT2D eigenvalue weighted by atomic mass is 19.1. The topological polar surface area (TPSA) is 71.1 Å². The van der Waals surface area contributed by atoms with Crippen LogP contribution in [-0.4, -0.2) is 40.1 Å². The van der Waals surface area contributed by atoms with Crippen LogP contribution in [0, 0.1) is 5.82 Å². The fourth-order valence-electron chi connectivity index (χ4n) is 3.81. The van der Waals surface area contributed by atoms with Crippen LogP contribution in [0.1, 0.15) is 30.0 Å². The maximum atomic E-state index is 14.2. The lowest BCUT2D eigenvalue weighted by Crippen LogP contribution is -2.35. The van der Waals surface area contributed by atoms with Crippen LogP contribution in [-0.2, 0) is 6.54 Å². The SMILES string of the molecule is COc1ccc(F)c(CN2CCCC(c3cc(=O)[nH]c(-c4ccncc4)n3)C2)c1. The molecule has 1 fully saturated rings. The number of H-pyrrole nitrogens is 1. The summed E-state index contributed by atoms with van der Waals surface area (Å²) in [4.78, 5) is 26.0. The largest absolute Gasteiger partial charge is 0.497 e. The molecule has 4 rings (SSSR count). The van der Waals surface area contributed by atoms with Gasteiger partial charge in [0.2, 0.25) is 0 Å². The van der Waals surface area contributed by atoms with Crippen molar-refractivity contribution in [2.75, 3.05) is 20.2 Å². The molecule has 1 saturated heterocycles. The highest BCUT2D eigenvalue weighted by Gasteiger charge is 2.24. The van der Waals surface area contributed by atoms with E-state index in [0.29, 0.717) is 23.7 Å². The molecule has 3 aromatic rings. The van der Waals surface area contributed by atoms with Crippen LogP contribution in [0.2, 0.25) is 0 Å². The number of rotatable bonds is 5. The molecule has 0 radical (unpaired) electrons. The molecule has 0 spiro atoms. The lowest BCUT2D eigenvalue weighted by molar-refractivity contribution is 0.196. The molecule has 1 aliphatic heterocycles. The summed E-state index contributed by atoms with van der Waals surface area (Å²) in [5, 5.41) is 0. The number of halogens is 1. The summed E-state index contributed by atoms with van der Waals surface area (Å²) in [7, 11) is 1.58. The third-order valence-corrected chi connectivity index (χ3v) is 5.29. The van der Waals surface area contributed by atoms with E-state index >= 15 is 0 Å². The van der Waals surface area contributed by atoms with Crippen molar-refractivity contribution in [2.24, 2.45) is 0 Å². The number of benzene rings is 1. The van der Waals surface area contributed by atoms with Crippen LogP contribution in [0.15, 0.2) is 53.6 Å². The van der Waals surface area contributed by atoms with E-state index in [2.05, 4.69) is 14.9 Å². The van der Waals surface area contributed by atoms with Gasteiger partial charge in [0, 0.05) is 48.6 Å². The molecule has 0 aliphatic carbocycles. The zero-order valence-corrected chi connectivity index (χ0v) is 16.3. The zero-order chi connectivity index (χ0) is 20.2. The standard InChI is InChI=1S/C22H23FN4O2/c1-29-18-4-5-19(23)17(11-18)14-27-10-2-3-16(13-27)20-12-21(28)26-22(25-20)15-6-8-24-9-7-15/h4-9,11-12,16H,2-3,10,13-14H2,1H3,(H,25,26,28). The molecule has 3 heterocycles. The smallest absolute Gasteiger partial charge is 0.251 e. The Hall–Kier alpha value is -3.06. The molecule has 6 nitrogen and oxygen atoms in total. The number of hydrogen-bond donors (Lipinski definition) is 1. The molecule has 7 heteroatoms. The predicted octanol–water partition coefficient (Wildman–Crippen LogP) is 3.36. The minimum atomic E-state index is -0.234. The van der Waals surface area contributed by atoms with Crippen molar-refractivity contribution in [3.63, 3.8) is 0 Å². The maximum Gasteiger partial charge on any atom is 0.251 e. The van der Waals surface area contributed by atoms with E-state index in [9.17, 15) is 9.18 Å². The van der Waals surface area contributed by atoms with E-state index in [4.69, 9.17) is 9.72 Å². The molecule has 29 heavy (non-hydrogen) atoms. The van der Waals surface area contributed by atoms with Crippen molar-refractivity contribution in [3.8, 4) is 17.1 Å². The van der Waals surface area contributed by atoms with Crippen LogP contribution in [0.4, 0.5) is 4.39 Å². The van der Waals surface area contributed by atoms with Gasteiger partial charge < -0.3 is 9.72 Å². The fourth-order valence-corrected chi connectivity index (χ4v) is 3.81. The summed E-state index contributed by atoms with van der Waals surface area (Å²) in [5.41, 5.74) is 2.04. The number of nitrogens with zero attached hydrogens (tertiary/aromatic N) is 3. The molecule has 0 saturated carbocycles. The van der Waals surface area contributed by atoms with Crippen molar-refractivity contribution < 1.29 is 9.13 Å². The third-order valence-electron chi connectivity index (χ3n) is 5.29. The van der Waals surface area contributed by atoms with Gasteiger partial charge in [-0.3, -0.25) is 14.7 Å². The van der Waals surface area contributed by atoms with E-state index in [1.165, 1.54) is 6.07 Å². The quantitative estimate of drug-likeness (QED) is 0.719. The number of aromatic nitrogens is 3. The Morgan fingerprint density at radius 3 is 2.86 bits per heavy atom. The summed E-state index contributed by atoms with van der Waals surface area (Å²) in [6.45, 7) is 2.11. The van der Waals surface area contributed by atoms with Crippen LogP contribution in [0.25, 0.3) is 11.4 Å². The Kier molecular flexibility index (Phi) is 5.67. The fraction of sp³-hybridized carbons (Fsp3) is 0.318. The Bertz CT molecular complexity index is 1040. The summed E-state index contributed by atoms with van der Waals surface area (Å²) in [6.07, 6.45) is 5.26. The highest BCUT2D eigenvalue weighted by Crippen LogP contribution is 2.28. The number of aromatic amines is 1. The van der Waals surface area contributed by atoms with Gasteiger partial charge in [0.1, 0.15) is 17.4 Å². The number of pyridine rings is 1. The first-order valence-corrected chi connectivity index (χ1v) is 9.69. The van der Waals surface area contributed by atoms with Gasteiger partial charge >= 0.3 is 0 Å². The van der Waals surface area contributed by atoms with Crippen molar-refractivity contribution >= 4 is 0 Å². The van der Waals surface area contributed by atoms with Gasteiger partial charge in [-0.25, -0.2) is 9.37 Å². The number of piperidine rings is 1. The monoisotopic (exact) mass is 394 g/mol. The number of nitrogens with one attached hydrogen (secondary N) is 1. The number of ether oxygens (including phenoxy) is 1. The molecule has 1 unspecified atom stereocenters. The first-order chi connectivity index (χ1) is 14.1. The van der Waals surface area contributed by atoms with E-state index in [-0.39, 0.29) is 17.3 Å². The molecule has 2 aromatic heterocycles. The molecular formula is C22H23FN4O2. The zero-order valence-electron chi connectivity index (χ0n) is 16.3. The Labute approximate surface area is 168 Å². The minimum Gasteiger partial charge on any atom is -0.497 e. The summed E-state index contributed by atoms with van der Waals surface area (Å²) in [5.74, 6) is 1.08. The van der Waals surface area contributed by atoms with Crippen molar-refractivity contribution in [1.29, 1.82) is 0 Å². The molecule has 1 aromatic carbocycles. The Morgan fingerprint density at radius 2 is 2.07 bits per heavy atom. The lowest BCUT2D eigenvalue weighted by atomic mass is 9.94. The summed E-state index contributed by atoms with van der Waals surface area (Å²) in [6, 6.07) is 10.0. The lowest BCUT2D eigenvalue weighted by Gasteiger charge is -2.32. The molecule has 0 bridgehead atoms. The van der Waals surface area contributed by atoms with Crippen molar-refractivity contribution in [2.45, 2.75) is 25.3 Å². The molecule has 150 valence electrons. The van der Waals surface area contributed by atoms with Gasteiger partial charge in [0.05, 0.1) is 12.8 Å². The van der Waals surface area contributed by atoms with E-state index < -0.39 is 0 Å². The first-order valence-electron chi connectivity index (χ1n) is 9.69. The van der Waals surface area contributed by atoms with Crippen LogP contribution < -0.4 is 10.3 Å². The predicted molar refractivity (Wildman–Crippen MR) is 108 cm³/mol. The van der Waals surface area contributed by atoms with Gasteiger partial charge in [-0.2, -0.15) is 0 Å². The number of likely N-dealkylation sites (tertiary alicyclic amines) is 1. The Morgan fingerprint density at radius 1 is 1.24 bits per heavy atom. The van der Waals surface area contributed by atoms with E-state index in [0.717, 1.165) is 37.2 Å². The minimum absolute atomic E-state index is 0.125. The third kappa shape index (κ3) is 4.51. The average Bonchev–Trinajstić information content (AvgIpc) is 2.76. The van der Waals surface area contributed by atoms with Gasteiger partial charge in [-0.1, -0.05) is 0 Å². The van der Waals surface area contributed by atoms with Gasteiger partial charge in [-0.15, -0.1) is 0 Å². The second-order valence-electron chi connectivity index (χ2n) is 7.29. The number of hydrogen-bond acceptors (Lipinski definition) is 5. The van der Waals surface area contributed by atoms with Gasteiger partial charge in [-0.05, 0) is 49.7 Å². The second kappa shape index (κ2) is 8.53. The van der Waals surface area contributed by atoms with Gasteiger partial charge in [0.25, 0.3) is 5.56 Å². The van der Waals surface area contributed by atoms with E-state index in [1.807, 2.05) is 12.1 Å².